The molecule has 0 aromatic heterocycles. The summed E-state index contributed by atoms with van der Waals surface area (Å²) in [5.41, 5.74) is 1.77. The first-order valence-electron chi connectivity index (χ1n) is 14.4. The molecule has 5 amide bonds. The van der Waals surface area contributed by atoms with E-state index in [0.29, 0.717) is 12.2 Å². The van der Waals surface area contributed by atoms with Crippen LogP contribution in [0.1, 0.15) is 24.0 Å². The fraction of sp³-hybridized carbons (Fsp3) is 0.375. The van der Waals surface area contributed by atoms with Crippen LogP contribution in [0.15, 0.2) is 67.3 Å². The second kappa shape index (κ2) is 15.5. The Kier molecular flexibility index (Phi) is 11.2. The number of piperazine rings is 1. The fourth-order valence-corrected chi connectivity index (χ4v) is 5.33. The third-order valence-corrected chi connectivity index (χ3v) is 7.39. The van der Waals surface area contributed by atoms with E-state index in [2.05, 4.69) is 23.1 Å². The molecule has 0 unspecified atom stereocenters. The second-order valence-corrected chi connectivity index (χ2v) is 10.3. The van der Waals surface area contributed by atoms with Gasteiger partial charge in [0.25, 0.3) is 0 Å². The molecular formula is C32H38N6O6. The Labute approximate surface area is 257 Å². The van der Waals surface area contributed by atoms with Gasteiger partial charge in [-0.2, -0.15) is 5.01 Å². The number of alkyl carbamates (subject to hydrolysis) is 1. The highest BCUT2D eigenvalue weighted by atomic mass is 16.5. The molecule has 0 bridgehead atoms. The van der Waals surface area contributed by atoms with Crippen LogP contribution >= 0.6 is 0 Å². The van der Waals surface area contributed by atoms with Gasteiger partial charge in [0, 0.05) is 19.6 Å². The number of hydrogen-bond donors (Lipinski definition) is 2. The second-order valence-electron chi connectivity index (χ2n) is 10.3. The summed E-state index contributed by atoms with van der Waals surface area (Å²) in [7, 11) is 1.58. The maximum absolute atomic E-state index is 13.9. The van der Waals surface area contributed by atoms with Gasteiger partial charge in [-0.05, 0) is 36.1 Å². The third-order valence-electron chi connectivity index (χ3n) is 7.39. The molecule has 2 aromatic carbocycles. The number of nitrogens with zero attached hydrogens (tertiary/aromatic N) is 4. The van der Waals surface area contributed by atoms with Crippen LogP contribution < -0.4 is 15.4 Å². The van der Waals surface area contributed by atoms with Crippen molar-refractivity contribution >= 4 is 23.9 Å². The minimum Gasteiger partial charge on any atom is -0.497 e. The van der Waals surface area contributed by atoms with Gasteiger partial charge in [-0.1, -0.05) is 61.0 Å². The van der Waals surface area contributed by atoms with Crippen molar-refractivity contribution in [2.75, 3.05) is 39.9 Å². The van der Waals surface area contributed by atoms with Crippen molar-refractivity contribution in [3.8, 4) is 18.1 Å². The van der Waals surface area contributed by atoms with E-state index in [9.17, 15) is 19.2 Å². The lowest BCUT2D eigenvalue weighted by molar-refractivity contribution is -0.189. The van der Waals surface area contributed by atoms with Crippen LogP contribution in [0, 0.1) is 12.3 Å². The fourth-order valence-electron chi connectivity index (χ4n) is 5.33. The van der Waals surface area contributed by atoms with Crippen LogP contribution in [-0.2, 0) is 27.4 Å². The summed E-state index contributed by atoms with van der Waals surface area (Å²) in [5, 5.41) is 8.60. The Morgan fingerprint density at radius 2 is 1.84 bits per heavy atom. The molecule has 2 heterocycles. The lowest BCUT2D eigenvalue weighted by atomic mass is 10.0. The van der Waals surface area contributed by atoms with Gasteiger partial charge in [0.1, 0.15) is 24.6 Å². The van der Waals surface area contributed by atoms with Crippen molar-refractivity contribution in [2.45, 2.75) is 38.1 Å². The molecule has 2 aromatic rings. The van der Waals surface area contributed by atoms with Crippen LogP contribution in [0.25, 0.3) is 0 Å². The summed E-state index contributed by atoms with van der Waals surface area (Å²) in [6.07, 6.45) is 6.35. The third kappa shape index (κ3) is 7.87. The van der Waals surface area contributed by atoms with Crippen molar-refractivity contribution in [3.63, 3.8) is 0 Å². The number of amides is 5. The van der Waals surface area contributed by atoms with E-state index < -0.39 is 24.3 Å². The minimum atomic E-state index is -0.858. The maximum atomic E-state index is 13.9. The number of methoxy groups -OCH3 is 1. The van der Waals surface area contributed by atoms with Crippen LogP contribution in [0.5, 0.6) is 5.75 Å². The SMILES string of the molecule is C#CCN1CC(=O)N2[C@@H](CCCNC(=O)OCC=C)C(=O)N(Cc3ccc(OC)cc3)C[C@@H]2N1C(=O)NCc1ccccc1. The number of ether oxygens (including phenoxy) is 2. The largest absolute Gasteiger partial charge is 0.497 e. The lowest BCUT2D eigenvalue weighted by Crippen LogP contribution is -2.76. The topological polar surface area (TPSA) is 124 Å². The van der Waals surface area contributed by atoms with Gasteiger partial charge >= 0.3 is 12.1 Å². The Morgan fingerprint density at radius 3 is 2.52 bits per heavy atom. The maximum Gasteiger partial charge on any atom is 0.407 e. The van der Waals surface area contributed by atoms with Crippen molar-refractivity contribution in [2.24, 2.45) is 0 Å². The molecule has 0 spiro atoms. The average Bonchev–Trinajstić information content (AvgIpc) is 3.03. The molecule has 2 aliphatic heterocycles. The molecule has 44 heavy (non-hydrogen) atoms. The quantitative estimate of drug-likeness (QED) is 0.217. The van der Waals surface area contributed by atoms with Gasteiger partial charge < -0.3 is 29.9 Å². The average molecular weight is 603 g/mol. The first-order valence-corrected chi connectivity index (χ1v) is 14.4. The highest BCUT2D eigenvalue weighted by Crippen LogP contribution is 2.29. The molecular weight excluding hydrogens is 564 g/mol. The number of hydrazine groups is 1. The molecule has 0 aliphatic carbocycles. The highest BCUT2D eigenvalue weighted by molar-refractivity contribution is 5.91. The molecule has 2 atom stereocenters. The van der Waals surface area contributed by atoms with E-state index in [0.717, 1.165) is 11.1 Å². The molecule has 2 aliphatic rings. The number of hydrogen-bond acceptors (Lipinski definition) is 7. The van der Waals surface area contributed by atoms with Crippen LogP contribution in [0.3, 0.4) is 0 Å². The zero-order valence-corrected chi connectivity index (χ0v) is 24.8. The molecule has 12 nitrogen and oxygen atoms in total. The van der Waals surface area contributed by atoms with E-state index in [1.165, 1.54) is 16.0 Å². The van der Waals surface area contributed by atoms with E-state index in [-0.39, 0.29) is 64.1 Å². The zero-order valence-electron chi connectivity index (χ0n) is 24.8. The van der Waals surface area contributed by atoms with E-state index in [4.69, 9.17) is 15.9 Å². The summed E-state index contributed by atoms with van der Waals surface area (Å²) < 4.78 is 10.2. The molecule has 232 valence electrons. The van der Waals surface area contributed by atoms with E-state index in [1.54, 1.807) is 17.0 Å². The number of carbonyl (C=O) groups is 4. The van der Waals surface area contributed by atoms with Crippen molar-refractivity contribution in [3.05, 3.63) is 78.4 Å². The number of fused-ring (bicyclic) bond motifs is 1. The minimum absolute atomic E-state index is 0.0304. The molecule has 0 saturated carbocycles. The predicted octanol–water partition coefficient (Wildman–Crippen LogP) is 2.33. The Morgan fingerprint density at radius 1 is 1.09 bits per heavy atom. The number of rotatable bonds is 12. The summed E-state index contributed by atoms with van der Waals surface area (Å²) in [6, 6.07) is 15.5. The van der Waals surface area contributed by atoms with E-state index in [1.807, 2.05) is 54.6 Å². The molecule has 12 heteroatoms. The monoisotopic (exact) mass is 602 g/mol. The van der Waals surface area contributed by atoms with Gasteiger partial charge in [0.15, 0.2) is 0 Å². The van der Waals surface area contributed by atoms with Crippen LogP contribution in [-0.4, -0.2) is 95.9 Å². The summed E-state index contributed by atoms with van der Waals surface area (Å²) in [5.74, 6) is 2.68. The highest BCUT2D eigenvalue weighted by Gasteiger charge is 2.51. The number of urea groups is 1. The standard InChI is InChI=1S/C32H38N6O6/c1-4-18-36-23-29(39)37-27(12-9-17-33-32(42)44-19-5-2)30(40)35(21-25-13-15-26(43-3)16-14-25)22-28(37)38(36)31(41)34-20-24-10-7-6-8-11-24/h1,5-8,10-11,13-16,27-28H,2,9,12,17-23H2,3H3,(H,33,42)(H,34,41)/t27-,28-/m0/s1. The van der Waals surface area contributed by atoms with Gasteiger partial charge in [-0.25, -0.2) is 14.6 Å². The Balaban J connectivity index is 1.59. The lowest BCUT2D eigenvalue weighted by Gasteiger charge is -2.55. The number of benzene rings is 2. The zero-order chi connectivity index (χ0) is 31.5. The Hall–Kier alpha value is -5.02. The number of carbonyl (C=O) groups excluding carboxylic acids is 4. The first-order chi connectivity index (χ1) is 21.4. The smallest absolute Gasteiger partial charge is 0.407 e. The van der Waals surface area contributed by atoms with Crippen molar-refractivity contribution < 1.29 is 28.7 Å². The van der Waals surface area contributed by atoms with E-state index >= 15 is 0 Å². The van der Waals surface area contributed by atoms with Crippen LogP contribution in [0.2, 0.25) is 0 Å². The molecule has 2 fully saturated rings. The van der Waals surface area contributed by atoms with Crippen molar-refractivity contribution in [1.82, 2.24) is 30.5 Å². The Bertz CT molecular complexity index is 1360. The number of nitrogens with one attached hydrogen (secondary N) is 2. The van der Waals surface area contributed by atoms with Gasteiger partial charge in [-0.3, -0.25) is 9.59 Å². The predicted molar refractivity (Wildman–Crippen MR) is 163 cm³/mol. The van der Waals surface area contributed by atoms with Gasteiger partial charge in [0.2, 0.25) is 11.8 Å². The van der Waals surface area contributed by atoms with Crippen LogP contribution in [0.4, 0.5) is 9.59 Å². The summed E-state index contributed by atoms with van der Waals surface area (Å²) >= 11 is 0. The summed E-state index contributed by atoms with van der Waals surface area (Å²) in [4.78, 5) is 56.3. The first kappa shape index (κ1) is 31.9. The van der Waals surface area contributed by atoms with Gasteiger partial charge in [0.05, 0.1) is 26.7 Å². The normalized spacial score (nSPS) is 18.2. The molecule has 2 N–H and O–H groups in total. The van der Waals surface area contributed by atoms with Crippen molar-refractivity contribution in [1.29, 1.82) is 0 Å². The molecule has 4 rings (SSSR count). The summed E-state index contributed by atoms with van der Waals surface area (Å²) in [6.45, 7) is 4.31. The number of terminal acetylenes is 1. The molecule has 2 saturated heterocycles. The molecule has 0 radical (unpaired) electrons. The van der Waals surface area contributed by atoms with Gasteiger partial charge in [-0.15, -0.1) is 6.42 Å².